The van der Waals surface area contributed by atoms with Crippen LogP contribution in [0.2, 0.25) is 5.02 Å². The van der Waals surface area contributed by atoms with Gasteiger partial charge in [-0.1, -0.05) is 23.7 Å². The Balaban J connectivity index is 1.92. The highest BCUT2D eigenvalue weighted by Crippen LogP contribution is 2.27. The first-order valence-electron chi connectivity index (χ1n) is 8.23. The van der Waals surface area contributed by atoms with Gasteiger partial charge < -0.3 is 20.1 Å². The highest BCUT2D eigenvalue weighted by Gasteiger charge is 2.11. The summed E-state index contributed by atoms with van der Waals surface area (Å²) in [6, 6.07) is 11.7. The van der Waals surface area contributed by atoms with Gasteiger partial charge in [0.15, 0.2) is 6.61 Å². The molecule has 0 aliphatic heterocycles. The minimum Gasteiger partial charge on any atom is -0.495 e. The fourth-order valence-electron chi connectivity index (χ4n) is 2.23. The van der Waals surface area contributed by atoms with E-state index in [9.17, 15) is 14.4 Å². The Morgan fingerprint density at radius 3 is 2.57 bits per heavy atom. The van der Waals surface area contributed by atoms with E-state index in [1.54, 1.807) is 42.5 Å². The molecule has 0 heterocycles. The number of halogens is 1. The Morgan fingerprint density at radius 2 is 1.89 bits per heavy atom. The third-order valence-corrected chi connectivity index (χ3v) is 3.64. The van der Waals surface area contributed by atoms with Crippen LogP contribution in [0.15, 0.2) is 48.5 Å². The van der Waals surface area contributed by atoms with E-state index >= 15 is 0 Å². The van der Waals surface area contributed by atoms with Crippen molar-refractivity contribution in [1.82, 2.24) is 0 Å². The minimum absolute atomic E-state index is 0.247. The molecule has 28 heavy (non-hydrogen) atoms. The lowest BCUT2D eigenvalue weighted by molar-refractivity contribution is -0.142. The van der Waals surface area contributed by atoms with E-state index < -0.39 is 18.5 Å². The van der Waals surface area contributed by atoms with Crippen LogP contribution in [0.4, 0.5) is 11.4 Å². The molecule has 0 unspecified atom stereocenters. The van der Waals surface area contributed by atoms with Gasteiger partial charge in [0.2, 0.25) is 5.91 Å². The molecule has 2 N–H and O–H groups in total. The Labute approximate surface area is 167 Å². The van der Waals surface area contributed by atoms with Gasteiger partial charge in [-0.15, -0.1) is 0 Å². The number of carbonyl (C=O) groups is 3. The van der Waals surface area contributed by atoms with Crippen LogP contribution in [-0.2, 0) is 19.1 Å². The Bertz CT molecular complexity index is 911. The van der Waals surface area contributed by atoms with E-state index in [1.165, 1.54) is 26.2 Å². The summed E-state index contributed by atoms with van der Waals surface area (Å²) in [6.07, 6.45) is 2.74. The standard InChI is InChI=1S/C20H19ClN2O5/c1-13(24)22-16-7-8-18(27-2)17(11-16)23-19(25)12-28-20(26)9-6-14-4-3-5-15(21)10-14/h3-11H,12H2,1-2H3,(H,22,24)(H,23,25)/b9-6+. The monoisotopic (exact) mass is 402 g/mol. The van der Waals surface area contributed by atoms with Gasteiger partial charge in [0.1, 0.15) is 5.75 Å². The highest BCUT2D eigenvalue weighted by molar-refractivity contribution is 6.30. The molecule has 0 aliphatic carbocycles. The second kappa shape index (κ2) is 10.1. The molecule has 0 aliphatic rings. The lowest BCUT2D eigenvalue weighted by Gasteiger charge is -2.12. The first kappa shape index (κ1) is 21.0. The Morgan fingerprint density at radius 1 is 1.11 bits per heavy atom. The first-order chi connectivity index (χ1) is 13.4. The Hall–Kier alpha value is -3.32. The molecule has 2 aromatic carbocycles. The van der Waals surface area contributed by atoms with Crippen molar-refractivity contribution in [2.45, 2.75) is 6.92 Å². The van der Waals surface area contributed by atoms with Crippen LogP contribution in [-0.4, -0.2) is 31.5 Å². The predicted molar refractivity (Wildman–Crippen MR) is 107 cm³/mol. The van der Waals surface area contributed by atoms with Gasteiger partial charge in [0.05, 0.1) is 12.8 Å². The van der Waals surface area contributed by atoms with Crippen molar-refractivity contribution in [2.75, 3.05) is 24.4 Å². The van der Waals surface area contributed by atoms with Crippen molar-refractivity contribution in [1.29, 1.82) is 0 Å². The van der Waals surface area contributed by atoms with Gasteiger partial charge in [-0.25, -0.2) is 4.79 Å². The van der Waals surface area contributed by atoms with Gasteiger partial charge in [0, 0.05) is 23.7 Å². The highest BCUT2D eigenvalue weighted by atomic mass is 35.5. The summed E-state index contributed by atoms with van der Waals surface area (Å²) in [5.41, 5.74) is 1.56. The molecule has 0 saturated heterocycles. The van der Waals surface area contributed by atoms with Crippen LogP contribution < -0.4 is 15.4 Å². The van der Waals surface area contributed by atoms with E-state index in [0.29, 0.717) is 22.1 Å². The lowest BCUT2D eigenvalue weighted by Crippen LogP contribution is -2.20. The van der Waals surface area contributed by atoms with E-state index in [1.807, 2.05) is 0 Å². The quantitative estimate of drug-likeness (QED) is 0.546. The summed E-state index contributed by atoms with van der Waals surface area (Å²) in [5, 5.41) is 5.73. The van der Waals surface area contributed by atoms with Crippen LogP contribution in [0.1, 0.15) is 12.5 Å². The van der Waals surface area contributed by atoms with Crippen LogP contribution in [0.5, 0.6) is 5.75 Å². The molecule has 7 nitrogen and oxygen atoms in total. The van der Waals surface area contributed by atoms with E-state index in [4.69, 9.17) is 21.1 Å². The maximum atomic E-state index is 12.1. The fourth-order valence-corrected chi connectivity index (χ4v) is 2.43. The van der Waals surface area contributed by atoms with Crippen LogP contribution >= 0.6 is 11.6 Å². The minimum atomic E-state index is -0.672. The lowest BCUT2D eigenvalue weighted by atomic mass is 10.2. The summed E-state index contributed by atoms with van der Waals surface area (Å²) in [7, 11) is 1.45. The molecule has 0 bridgehead atoms. The maximum absolute atomic E-state index is 12.1. The number of hydrogen-bond donors (Lipinski definition) is 2. The van der Waals surface area contributed by atoms with Crippen molar-refractivity contribution in [3.8, 4) is 5.75 Å². The molecule has 2 aromatic rings. The van der Waals surface area contributed by atoms with E-state index in [-0.39, 0.29) is 5.91 Å². The van der Waals surface area contributed by atoms with Crippen molar-refractivity contribution in [2.24, 2.45) is 0 Å². The van der Waals surface area contributed by atoms with Gasteiger partial charge in [0.25, 0.3) is 5.91 Å². The molecule has 0 aromatic heterocycles. The first-order valence-corrected chi connectivity index (χ1v) is 8.61. The number of nitrogens with one attached hydrogen (secondary N) is 2. The second-order valence-electron chi connectivity index (χ2n) is 5.64. The third-order valence-electron chi connectivity index (χ3n) is 3.40. The smallest absolute Gasteiger partial charge is 0.331 e. The molecule has 0 saturated carbocycles. The fraction of sp³-hybridized carbons (Fsp3) is 0.150. The molecule has 0 spiro atoms. The second-order valence-corrected chi connectivity index (χ2v) is 6.08. The average Bonchev–Trinajstić information content (AvgIpc) is 2.64. The largest absolute Gasteiger partial charge is 0.495 e. The van der Waals surface area contributed by atoms with Crippen LogP contribution in [0.25, 0.3) is 6.08 Å². The molecule has 2 rings (SSSR count). The zero-order valence-corrected chi connectivity index (χ0v) is 16.1. The Kier molecular flexibility index (Phi) is 7.59. The van der Waals surface area contributed by atoms with Crippen molar-refractivity contribution in [3.05, 3.63) is 59.1 Å². The number of amides is 2. The molecule has 2 amide bonds. The molecular formula is C20H19ClN2O5. The number of hydrogen-bond acceptors (Lipinski definition) is 5. The summed E-state index contributed by atoms with van der Waals surface area (Å²) < 4.78 is 10.1. The van der Waals surface area contributed by atoms with Gasteiger partial charge in [-0.05, 0) is 42.0 Å². The number of esters is 1. The van der Waals surface area contributed by atoms with Crippen LogP contribution in [0, 0.1) is 0 Å². The van der Waals surface area contributed by atoms with Crippen molar-refractivity contribution in [3.63, 3.8) is 0 Å². The van der Waals surface area contributed by atoms with Crippen molar-refractivity contribution < 1.29 is 23.9 Å². The normalized spacial score (nSPS) is 10.4. The molecule has 0 radical (unpaired) electrons. The average molecular weight is 403 g/mol. The predicted octanol–water partition coefficient (Wildman–Crippen LogP) is 3.50. The number of carbonyl (C=O) groups excluding carboxylic acids is 3. The molecule has 8 heteroatoms. The zero-order valence-electron chi connectivity index (χ0n) is 15.3. The molecular weight excluding hydrogens is 384 g/mol. The SMILES string of the molecule is COc1ccc(NC(C)=O)cc1NC(=O)COC(=O)/C=C/c1cccc(Cl)c1. The van der Waals surface area contributed by atoms with Crippen LogP contribution in [0.3, 0.4) is 0 Å². The van der Waals surface area contributed by atoms with E-state index in [0.717, 1.165) is 5.56 Å². The zero-order chi connectivity index (χ0) is 20.5. The molecule has 146 valence electrons. The maximum Gasteiger partial charge on any atom is 0.331 e. The molecule has 0 fully saturated rings. The van der Waals surface area contributed by atoms with Crippen molar-refractivity contribution >= 4 is 46.8 Å². The number of rotatable bonds is 7. The summed E-state index contributed by atoms with van der Waals surface area (Å²) in [6.45, 7) is 0.894. The number of methoxy groups -OCH3 is 1. The number of benzene rings is 2. The number of ether oxygens (including phenoxy) is 2. The summed E-state index contributed by atoms with van der Waals surface area (Å²) in [4.78, 5) is 35.0. The topological polar surface area (TPSA) is 93.7 Å². The summed E-state index contributed by atoms with van der Waals surface area (Å²) in [5.74, 6) is -1.07. The van der Waals surface area contributed by atoms with E-state index in [2.05, 4.69) is 10.6 Å². The third kappa shape index (κ3) is 6.77. The van der Waals surface area contributed by atoms with Gasteiger partial charge >= 0.3 is 5.97 Å². The number of anilines is 2. The van der Waals surface area contributed by atoms with Gasteiger partial charge in [-0.2, -0.15) is 0 Å². The summed E-state index contributed by atoms with van der Waals surface area (Å²) >= 11 is 5.87. The van der Waals surface area contributed by atoms with Gasteiger partial charge in [-0.3, -0.25) is 9.59 Å². The molecule has 0 atom stereocenters.